The van der Waals surface area contributed by atoms with E-state index in [9.17, 15) is 10.1 Å². The van der Waals surface area contributed by atoms with E-state index in [1.54, 1.807) is 40.9 Å². The fourth-order valence-corrected chi connectivity index (χ4v) is 4.25. The number of anilines is 3. The minimum absolute atomic E-state index is 0.0812. The van der Waals surface area contributed by atoms with Crippen LogP contribution in [0.15, 0.2) is 61.1 Å². The van der Waals surface area contributed by atoms with Crippen LogP contribution in [0.3, 0.4) is 0 Å². The Balaban J connectivity index is 1.55. The second-order valence-corrected chi connectivity index (χ2v) is 9.12. The number of aryl methyl sites for hydroxylation is 2. The highest BCUT2D eigenvalue weighted by Gasteiger charge is 2.20. The van der Waals surface area contributed by atoms with Crippen LogP contribution in [-0.2, 0) is 0 Å². The number of hydrogen-bond donors (Lipinski definition) is 3. The summed E-state index contributed by atoms with van der Waals surface area (Å²) in [6.45, 7) is 5.72. The third-order valence-electron chi connectivity index (χ3n) is 6.11. The zero-order chi connectivity index (χ0) is 27.7. The zero-order valence-electron chi connectivity index (χ0n) is 21.5. The minimum atomic E-state index is -0.511. The monoisotopic (exact) mass is 519 g/mol. The van der Waals surface area contributed by atoms with Gasteiger partial charge in [0.15, 0.2) is 5.82 Å². The van der Waals surface area contributed by atoms with Crippen molar-refractivity contribution in [3.63, 3.8) is 0 Å². The van der Waals surface area contributed by atoms with Gasteiger partial charge in [-0.1, -0.05) is 6.07 Å². The summed E-state index contributed by atoms with van der Waals surface area (Å²) in [7, 11) is 0. The van der Waals surface area contributed by atoms with Gasteiger partial charge in [-0.15, -0.1) is 0 Å². The molecule has 0 amide bonds. The Morgan fingerprint density at radius 3 is 2.72 bits per heavy atom. The highest BCUT2D eigenvalue weighted by Crippen LogP contribution is 2.30. The van der Waals surface area contributed by atoms with Crippen LogP contribution in [0.1, 0.15) is 45.8 Å². The number of esters is 1. The van der Waals surface area contributed by atoms with Gasteiger partial charge in [0.05, 0.1) is 22.8 Å². The molecular weight excluding hydrogens is 494 g/mol. The summed E-state index contributed by atoms with van der Waals surface area (Å²) in [5.41, 5.74) is 16.7. The summed E-state index contributed by atoms with van der Waals surface area (Å²) in [5, 5.41) is 17.3. The van der Waals surface area contributed by atoms with Gasteiger partial charge in [-0.2, -0.15) is 10.4 Å². The van der Waals surface area contributed by atoms with E-state index in [4.69, 9.17) is 21.2 Å². The molecule has 39 heavy (non-hydrogen) atoms. The van der Waals surface area contributed by atoms with Crippen molar-refractivity contribution in [3.05, 3.63) is 89.1 Å². The first-order valence-electron chi connectivity index (χ1n) is 12.1. The summed E-state index contributed by atoms with van der Waals surface area (Å²) >= 11 is 0. The van der Waals surface area contributed by atoms with Crippen molar-refractivity contribution in [1.29, 1.82) is 5.26 Å². The van der Waals surface area contributed by atoms with Crippen molar-refractivity contribution < 1.29 is 9.53 Å². The maximum Gasteiger partial charge on any atom is 0.343 e. The van der Waals surface area contributed by atoms with Gasteiger partial charge in [-0.05, 0) is 68.3 Å². The molecule has 2 aromatic carbocycles. The number of nitrogens with one attached hydrogen (secondary N) is 1. The Bertz CT molecular complexity index is 1770. The van der Waals surface area contributed by atoms with Crippen LogP contribution in [0.4, 0.5) is 17.3 Å². The lowest BCUT2D eigenvalue weighted by atomic mass is 10.0. The molecule has 0 aliphatic carbocycles. The number of aromatic nitrogens is 5. The van der Waals surface area contributed by atoms with Crippen LogP contribution < -0.4 is 21.5 Å². The van der Waals surface area contributed by atoms with E-state index >= 15 is 0 Å². The molecule has 5 aromatic rings. The third-order valence-corrected chi connectivity index (χ3v) is 6.11. The van der Waals surface area contributed by atoms with Crippen LogP contribution >= 0.6 is 0 Å². The summed E-state index contributed by atoms with van der Waals surface area (Å²) in [5.74, 6) is 0.661. The number of nitriles is 1. The minimum Gasteiger partial charge on any atom is -0.423 e. The Morgan fingerprint density at radius 1 is 1.13 bits per heavy atom. The van der Waals surface area contributed by atoms with Crippen LogP contribution in [0.5, 0.6) is 5.75 Å². The van der Waals surface area contributed by atoms with Crippen molar-refractivity contribution in [2.45, 2.75) is 26.8 Å². The number of fused-ring (bicyclic) bond motifs is 1. The van der Waals surface area contributed by atoms with Gasteiger partial charge in [0, 0.05) is 23.5 Å². The molecule has 0 aliphatic heterocycles. The molecule has 0 fully saturated rings. The molecule has 5 rings (SSSR count). The third kappa shape index (κ3) is 5.03. The molecule has 1 atom stereocenters. The number of nitrogen functional groups attached to an aromatic ring is 2. The van der Waals surface area contributed by atoms with Gasteiger partial charge in [0.1, 0.15) is 35.3 Å². The van der Waals surface area contributed by atoms with E-state index in [-0.39, 0.29) is 17.2 Å². The predicted octanol–water partition coefficient (Wildman–Crippen LogP) is 4.23. The fourth-order valence-electron chi connectivity index (χ4n) is 4.25. The summed E-state index contributed by atoms with van der Waals surface area (Å²) in [6, 6.07) is 15.7. The molecule has 0 unspecified atom stereocenters. The van der Waals surface area contributed by atoms with Gasteiger partial charge in [0.25, 0.3) is 0 Å². The predicted molar refractivity (Wildman–Crippen MR) is 147 cm³/mol. The fraction of sp³-hybridized carbons (Fsp3) is 0.143. The molecule has 11 heteroatoms. The molecule has 3 heterocycles. The molecule has 0 aliphatic rings. The molecular formula is C28H25N9O2. The number of ether oxygens (including phenoxy) is 1. The number of carbonyl (C=O) groups is 1. The van der Waals surface area contributed by atoms with Crippen LogP contribution in [-0.4, -0.2) is 30.5 Å². The molecule has 194 valence electrons. The maximum absolute atomic E-state index is 13.0. The lowest BCUT2D eigenvalue weighted by molar-refractivity contribution is 0.0735. The quantitative estimate of drug-likeness (QED) is 0.167. The summed E-state index contributed by atoms with van der Waals surface area (Å²) in [4.78, 5) is 26.0. The molecule has 0 spiro atoms. The number of rotatable bonds is 6. The van der Waals surface area contributed by atoms with E-state index in [2.05, 4.69) is 20.4 Å². The number of carbonyl (C=O) groups excluding carboxylic acids is 1. The average molecular weight is 520 g/mol. The normalized spacial score (nSPS) is 11.6. The standard InChI is InChI=1S/C28H25N9O2/c1-15-9-18(11-19(10-15)28(38)39-21-6-4-5-20(30)12-21)23-24-16(2)7-8-37(24)36-26(35-23)17(3)34-27-22(13-29)25(31)32-14-33-27/h4-12,14,17H,30H2,1-3H3,(H3,31,32,33,34)/t17-/m0/s1. The lowest BCUT2D eigenvalue weighted by Gasteiger charge is -2.17. The van der Waals surface area contributed by atoms with E-state index < -0.39 is 12.0 Å². The highest BCUT2D eigenvalue weighted by molar-refractivity contribution is 5.94. The highest BCUT2D eigenvalue weighted by atomic mass is 16.5. The smallest absolute Gasteiger partial charge is 0.343 e. The van der Waals surface area contributed by atoms with Crippen molar-refractivity contribution in [1.82, 2.24) is 24.6 Å². The maximum atomic E-state index is 13.0. The van der Waals surface area contributed by atoms with Gasteiger partial charge in [0.2, 0.25) is 0 Å². The van der Waals surface area contributed by atoms with Gasteiger partial charge < -0.3 is 21.5 Å². The number of hydrogen-bond acceptors (Lipinski definition) is 10. The van der Waals surface area contributed by atoms with E-state index in [1.807, 2.05) is 45.2 Å². The van der Waals surface area contributed by atoms with Crippen LogP contribution in [0.2, 0.25) is 0 Å². The first-order valence-corrected chi connectivity index (χ1v) is 12.1. The second-order valence-electron chi connectivity index (χ2n) is 9.12. The molecule has 5 N–H and O–H groups in total. The van der Waals surface area contributed by atoms with Crippen LogP contribution in [0, 0.1) is 25.2 Å². The van der Waals surface area contributed by atoms with Crippen molar-refractivity contribution >= 4 is 28.8 Å². The molecule has 0 radical (unpaired) electrons. The molecule has 11 nitrogen and oxygen atoms in total. The Labute approximate surface area is 224 Å². The van der Waals surface area contributed by atoms with Crippen LogP contribution in [0.25, 0.3) is 16.8 Å². The van der Waals surface area contributed by atoms with E-state index in [1.165, 1.54) is 6.33 Å². The number of benzene rings is 2. The summed E-state index contributed by atoms with van der Waals surface area (Å²) in [6.07, 6.45) is 3.13. The van der Waals surface area contributed by atoms with Gasteiger partial charge >= 0.3 is 5.97 Å². The molecule has 0 saturated carbocycles. The first kappa shape index (κ1) is 25.2. The topological polar surface area (TPSA) is 170 Å². The Morgan fingerprint density at radius 2 is 1.95 bits per heavy atom. The Hall–Kier alpha value is -5.50. The largest absolute Gasteiger partial charge is 0.423 e. The number of nitrogens with two attached hydrogens (primary N) is 2. The van der Waals surface area contributed by atoms with Gasteiger partial charge in [-0.25, -0.2) is 24.3 Å². The lowest BCUT2D eigenvalue weighted by Crippen LogP contribution is -2.16. The summed E-state index contributed by atoms with van der Waals surface area (Å²) < 4.78 is 7.32. The molecule has 0 bridgehead atoms. The zero-order valence-corrected chi connectivity index (χ0v) is 21.5. The molecule has 3 aromatic heterocycles. The average Bonchev–Trinajstić information content (AvgIpc) is 3.28. The van der Waals surface area contributed by atoms with Crippen molar-refractivity contribution in [2.24, 2.45) is 0 Å². The van der Waals surface area contributed by atoms with Crippen molar-refractivity contribution in [2.75, 3.05) is 16.8 Å². The first-order chi connectivity index (χ1) is 18.7. The van der Waals surface area contributed by atoms with E-state index in [0.717, 1.165) is 22.2 Å². The SMILES string of the molecule is Cc1cc(C(=O)Oc2cccc(N)c2)cc(-c2nc([C@H](C)Nc3ncnc(N)c3C#N)nn3ccc(C)c23)c1. The second kappa shape index (κ2) is 10.1. The molecule has 0 saturated heterocycles. The number of nitrogens with zero attached hydrogens (tertiary/aromatic N) is 6. The Kier molecular flexibility index (Phi) is 6.52. The van der Waals surface area contributed by atoms with Gasteiger partial charge in [-0.3, -0.25) is 0 Å². The van der Waals surface area contributed by atoms with E-state index in [0.29, 0.717) is 28.5 Å². The van der Waals surface area contributed by atoms with Crippen molar-refractivity contribution in [3.8, 4) is 23.1 Å².